The number of rotatable bonds is 4. The second kappa shape index (κ2) is 7.05. The molecule has 1 atom stereocenters. The second-order valence-electron chi connectivity index (χ2n) is 7.23. The van der Waals surface area contributed by atoms with Gasteiger partial charge in [0.25, 0.3) is 5.78 Å². The zero-order valence-electron chi connectivity index (χ0n) is 14.6. The number of aromatic nitrogens is 4. The number of fused-ring (bicyclic) bond motifs is 1. The first-order valence-corrected chi connectivity index (χ1v) is 9.53. The molecule has 1 unspecified atom stereocenters. The molecule has 2 aliphatic rings. The van der Waals surface area contributed by atoms with E-state index in [9.17, 15) is 0 Å². The van der Waals surface area contributed by atoms with Crippen LogP contribution >= 0.6 is 0 Å². The third kappa shape index (κ3) is 3.24. The van der Waals surface area contributed by atoms with Crippen LogP contribution in [0.5, 0.6) is 0 Å². The third-order valence-electron chi connectivity index (χ3n) is 5.56. The molecule has 2 aromatic heterocycles. The number of likely N-dealkylation sites (tertiary alicyclic amines) is 1. The molecule has 1 aliphatic heterocycles. The van der Waals surface area contributed by atoms with Gasteiger partial charge in [-0.1, -0.05) is 26.2 Å². The Morgan fingerprint density at radius 1 is 1.17 bits per heavy atom. The molecular weight excluding hydrogens is 300 g/mol. The zero-order chi connectivity index (χ0) is 16.4. The van der Waals surface area contributed by atoms with E-state index in [0.717, 1.165) is 30.5 Å². The summed E-state index contributed by atoms with van der Waals surface area (Å²) in [4.78, 5) is 11.5. The van der Waals surface area contributed by atoms with E-state index in [0.29, 0.717) is 11.8 Å². The van der Waals surface area contributed by atoms with E-state index in [4.69, 9.17) is 0 Å². The number of hydrogen-bond acceptors (Lipinski definition) is 5. The summed E-state index contributed by atoms with van der Waals surface area (Å²) >= 11 is 0. The summed E-state index contributed by atoms with van der Waals surface area (Å²) in [7, 11) is 0. The lowest BCUT2D eigenvalue weighted by molar-refractivity contribution is 0.124. The fraction of sp³-hybridized carbons (Fsp3) is 0.722. The molecule has 2 aromatic rings. The van der Waals surface area contributed by atoms with Crippen LogP contribution in [0.1, 0.15) is 57.6 Å². The molecule has 24 heavy (non-hydrogen) atoms. The lowest BCUT2D eigenvalue weighted by Crippen LogP contribution is -2.47. The maximum Gasteiger partial charge on any atom is 0.254 e. The highest BCUT2D eigenvalue weighted by Crippen LogP contribution is 2.26. The van der Waals surface area contributed by atoms with Crippen LogP contribution in [-0.4, -0.2) is 49.7 Å². The quantitative estimate of drug-likeness (QED) is 0.935. The van der Waals surface area contributed by atoms with E-state index >= 15 is 0 Å². The molecule has 6 nitrogen and oxygen atoms in total. The van der Waals surface area contributed by atoms with Gasteiger partial charge in [-0.05, 0) is 38.6 Å². The summed E-state index contributed by atoms with van der Waals surface area (Å²) in [5, 5.41) is 8.07. The zero-order valence-corrected chi connectivity index (χ0v) is 14.6. The van der Waals surface area contributed by atoms with E-state index in [1.165, 1.54) is 51.5 Å². The first-order valence-electron chi connectivity index (χ1n) is 9.53. The molecule has 0 amide bonds. The van der Waals surface area contributed by atoms with Crippen LogP contribution in [0, 0.1) is 0 Å². The SMILES string of the molecule is CCc1cc(NC2CCCN(C3CCCCC3)C2)n2ncnc2n1. The van der Waals surface area contributed by atoms with Crippen molar-refractivity contribution in [3.05, 3.63) is 18.1 Å². The van der Waals surface area contributed by atoms with E-state index < -0.39 is 0 Å². The van der Waals surface area contributed by atoms with Crippen LogP contribution in [0.15, 0.2) is 12.4 Å². The average Bonchev–Trinajstić information content (AvgIpc) is 3.11. The Balaban J connectivity index is 1.49. The summed E-state index contributed by atoms with van der Waals surface area (Å²) in [5.41, 5.74) is 1.07. The molecule has 0 bridgehead atoms. The summed E-state index contributed by atoms with van der Waals surface area (Å²) < 4.78 is 1.83. The van der Waals surface area contributed by atoms with Crippen LogP contribution in [-0.2, 0) is 6.42 Å². The fourth-order valence-electron chi connectivity index (χ4n) is 4.26. The summed E-state index contributed by atoms with van der Waals surface area (Å²) in [5.74, 6) is 1.72. The van der Waals surface area contributed by atoms with Crippen molar-refractivity contribution in [2.75, 3.05) is 18.4 Å². The molecule has 1 saturated heterocycles. The van der Waals surface area contributed by atoms with Gasteiger partial charge in [0, 0.05) is 30.4 Å². The predicted octanol–water partition coefficient (Wildman–Crippen LogP) is 2.90. The van der Waals surface area contributed by atoms with Crippen molar-refractivity contribution in [2.45, 2.75) is 70.4 Å². The Bertz CT molecular complexity index is 675. The van der Waals surface area contributed by atoms with Gasteiger partial charge in [-0.15, -0.1) is 0 Å². The monoisotopic (exact) mass is 328 g/mol. The highest BCUT2D eigenvalue weighted by molar-refractivity contribution is 5.45. The highest BCUT2D eigenvalue weighted by Gasteiger charge is 2.27. The lowest BCUT2D eigenvalue weighted by Gasteiger charge is -2.40. The minimum atomic E-state index is 0.486. The van der Waals surface area contributed by atoms with E-state index in [-0.39, 0.29) is 0 Å². The molecule has 130 valence electrons. The number of anilines is 1. The summed E-state index contributed by atoms with van der Waals surface area (Å²) in [6.07, 6.45) is 12.0. The van der Waals surface area contributed by atoms with Crippen LogP contribution in [0.2, 0.25) is 0 Å². The van der Waals surface area contributed by atoms with Gasteiger partial charge in [0.2, 0.25) is 0 Å². The van der Waals surface area contributed by atoms with Gasteiger partial charge in [0.15, 0.2) is 0 Å². The molecule has 3 heterocycles. The van der Waals surface area contributed by atoms with Gasteiger partial charge in [-0.2, -0.15) is 14.6 Å². The van der Waals surface area contributed by atoms with Crippen LogP contribution in [0.3, 0.4) is 0 Å². The molecule has 0 aromatic carbocycles. The Labute approximate surface area is 143 Å². The van der Waals surface area contributed by atoms with Crippen molar-refractivity contribution in [3.8, 4) is 0 Å². The Morgan fingerprint density at radius 2 is 2.04 bits per heavy atom. The summed E-state index contributed by atoms with van der Waals surface area (Å²) in [6.45, 7) is 4.53. The second-order valence-corrected chi connectivity index (χ2v) is 7.23. The number of piperidine rings is 1. The standard InChI is InChI=1S/C18H28N6/c1-2-14-11-17(24-18(22-14)19-13-20-24)21-15-7-6-10-23(12-15)16-8-4-3-5-9-16/h11,13,15-16,21H,2-10,12H2,1H3. The number of nitrogens with zero attached hydrogens (tertiary/aromatic N) is 5. The van der Waals surface area contributed by atoms with Crippen LogP contribution in [0.25, 0.3) is 5.78 Å². The van der Waals surface area contributed by atoms with Crippen molar-refractivity contribution in [1.29, 1.82) is 0 Å². The van der Waals surface area contributed by atoms with Gasteiger partial charge in [-0.3, -0.25) is 4.90 Å². The van der Waals surface area contributed by atoms with Crippen molar-refractivity contribution in [3.63, 3.8) is 0 Å². The largest absolute Gasteiger partial charge is 0.366 e. The first-order chi connectivity index (χ1) is 11.8. The molecule has 1 N–H and O–H groups in total. The number of nitrogens with one attached hydrogen (secondary N) is 1. The maximum atomic E-state index is 4.53. The van der Waals surface area contributed by atoms with Crippen molar-refractivity contribution in [2.24, 2.45) is 0 Å². The maximum absolute atomic E-state index is 4.53. The van der Waals surface area contributed by atoms with Gasteiger partial charge in [0.05, 0.1) is 0 Å². The van der Waals surface area contributed by atoms with E-state index in [1.807, 2.05) is 4.52 Å². The fourth-order valence-corrected chi connectivity index (χ4v) is 4.26. The van der Waals surface area contributed by atoms with Gasteiger partial charge in [0.1, 0.15) is 12.1 Å². The van der Waals surface area contributed by atoms with Crippen LogP contribution < -0.4 is 5.32 Å². The topological polar surface area (TPSA) is 58.4 Å². The minimum absolute atomic E-state index is 0.486. The highest BCUT2D eigenvalue weighted by atomic mass is 15.4. The molecule has 2 fully saturated rings. The smallest absolute Gasteiger partial charge is 0.254 e. The molecule has 1 saturated carbocycles. The van der Waals surface area contributed by atoms with Crippen molar-refractivity contribution < 1.29 is 0 Å². The normalized spacial score (nSPS) is 23.6. The van der Waals surface area contributed by atoms with Crippen molar-refractivity contribution >= 4 is 11.6 Å². The van der Waals surface area contributed by atoms with Gasteiger partial charge >= 0.3 is 0 Å². The van der Waals surface area contributed by atoms with Crippen molar-refractivity contribution in [1.82, 2.24) is 24.5 Å². The van der Waals surface area contributed by atoms with Crippen LogP contribution in [0.4, 0.5) is 5.82 Å². The lowest BCUT2D eigenvalue weighted by atomic mass is 9.92. The van der Waals surface area contributed by atoms with Gasteiger partial charge < -0.3 is 5.32 Å². The molecule has 4 rings (SSSR count). The Hall–Kier alpha value is -1.69. The van der Waals surface area contributed by atoms with E-state index in [1.54, 1.807) is 6.33 Å². The summed E-state index contributed by atoms with van der Waals surface area (Å²) in [6, 6.07) is 3.42. The average molecular weight is 328 g/mol. The Kier molecular flexibility index (Phi) is 4.65. The Morgan fingerprint density at radius 3 is 2.88 bits per heavy atom. The molecule has 0 radical (unpaired) electrons. The predicted molar refractivity (Wildman–Crippen MR) is 95.3 cm³/mol. The molecule has 6 heteroatoms. The van der Waals surface area contributed by atoms with E-state index in [2.05, 4.69) is 38.3 Å². The first kappa shape index (κ1) is 15.8. The number of hydrogen-bond donors (Lipinski definition) is 1. The molecule has 1 aliphatic carbocycles. The van der Waals surface area contributed by atoms with Gasteiger partial charge in [-0.25, -0.2) is 4.98 Å². The molecule has 0 spiro atoms. The number of aryl methyl sites for hydroxylation is 1. The minimum Gasteiger partial charge on any atom is -0.366 e. The molecular formula is C18H28N6. The third-order valence-corrected chi connectivity index (χ3v) is 5.56.